The van der Waals surface area contributed by atoms with Crippen LogP contribution >= 0.6 is 0 Å². The molecular formula is C11H15NO2. The number of hydrogen-bond acceptors (Lipinski definition) is 3. The normalized spacial score (nSPS) is 26.4. The number of hydrogen-bond donors (Lipinski definition) is 2. The van der Waals surface area contributed by atoms with Gasteiger partial charge in [-0.2, -0.15) is 0 Å². The molecule has 1 saturated heterocycles. The van der Waals surface area contributed by atoms with Gasteiger partial charge in [-0.25, -0.2) is 0 Å². The molecule has 0 saturated carbocycles. The SMILES string of the molecule is O[C@H]1CN[C@H](COc2ccccc2)C1. The maximum absolute atomic E-state index is 9.28. The molecule has 0 aliphatic carbocycles. The molecule has 1 aromatic rings. The lowest BCUT2D eigenvalue weighted by Gasteiger charge is -2.11. The molecule has 2 atom stereocenters. The fourth-order valence-electron chi connectivity index (χ4n) is 1.64. The summed E-state index contributed by atoms with van der Waals surface area (Å²) >= 11 is 0. The second kappa shape index (κ2) is 4.44. The minimum absolute atomic E-state index is 0.209. The molecule has 1 aromatic carbocycles. The van der Waals surface area contributed by atoms with E-state index >= 15 is 0 Å². The third kappa shape index (κ3) is 2.47. The van der Waals surface area contributed by atoms with Crippen LogP contribution in [0.3, 0.4) is 0 Å². The lowest BCUT2D eigenvalue weighted by atomic mass is 10.2. The fraction of sp³-hybridized carbons (Fsp3) is 0.455. The monoisotopic (exact) mass is 193 g/mol. The molecule has 1 aliphatic heterocycles. The molecule has 14 heavy (non-hydrogen) atoms. The van der Waals surface area contributed by atoms with Gasteiger partial charge in [-0.15, -0.1) is 0 Å². The van der Waals surface area contributed by atoms with Crippen molar-refractivity contribution in [3.05, 3.63) is 30.3 Å². The van der Waals surface area contributed by atoms with Crippen molar-refractivity contribution < 1.29 is 9.84 Å². The zero-order valence-corrected chi connectivity index (χ0v) is 8.02. The third-order valence-corrected chi connectivity index (χ3v) is 2.39. The first-order valence-corrected chi connectivity index (χ1v) is 4.94. The Morgan fingerprint density at radius 1 is 1.36 bits per heavy atom. The van der Waals surface area contributed by atoms with E-state index in [9.17, 15) is 5.11 Å². The second-order valence-electron chi connectivity index (χ2n) is 3.62. The van der Waals surface area contributed by atoms with Gasteiger partial charge in [-0.05, 0) is 18.6 Å². The Kier molecular flexibility index (Phi) is 3.01. The first-order valence-electron chi connectivity index (χ1n) is 4.94. The zero-order valence-electron chi connectivity index (χ0n) is 8.02. The molecule has 0 aromatic heterocycles. The molecule has 0 spiro atoms. The average Bonchev–Trinajstić information content (AvgIpc) is 2.63. The summed E-state index contributed by atoms with van der Waals surface area (Å²) in [5.74, 6) is 0.885. The van der Waals surface area contributed by atoms with Crippen molar-refractivity contribution in [2.45, 2.75) is 18.6 Å². The maximum Gasteiger partial charge on any atom is 0.119 e. The minimum Gasteiger partial charge on any atom is -0.492 e. The number of nitrogens with one attached hydrogen (secondary N) is 1. The first-order chi connectivity index (χ1) is 6.84. The van der Waals surface area contributed by atoms with E-state index in [4.69, 9.17) is 4.74 Å². The highest BCUT2D eigenvalue weighted by atomic mass is 16.5. The topological polar surface area (TPSA) is 41.5 Å². The lowest BCUT2D eigenvalue weighted by Crippen LogP contribution is -2.28. The Morgan fingerprint density at radius 2 is 2.14 bits per heavy atom. The average molecular weight is 193 g/mol. The molecular weight excluding hydrogens is 178 g/mol. The van der Waals surface area contributed by atoms with Crippen molar-refractivity contribution in [1.82, 2.24) is 5.32 Å². The van der Waals surface area contributed by atoms with E-state index < -0.39 is 0 Å². The molecule has 0 unspecified atom stereocenters. The minimum atomic E-state index is -0.209. The molecule has 0 amide bonds. The predicted molar refractivity (Wildman–Crippen MR) is 54.4 cm³/mol. The van der Waals surface area contributed by atoms with Crippen LogP contribution < -0.4 is 10.1 Å². The van der Waals surface area contributed by atoms with Crippen LogP contribution in [0.25, 0.3) is 0 Å². The summed E-state index contributed by atoms with van der Waals surface area (Å²) < 4.78 is 5.56. The summed E-state index contributed by atoms with van der Waals surface area (Å²) in [5.41, 5.74) is 0. The van der Waals surface area contributed by atoms with Crippen LogP contribution in [0.4, 0.5) is 0 Å². The van der Waals surface area contributed by atoms with Crippen molar-refractivity contribution in [1.29, 1.82) is 0 Å². The summed E-state index contributed by atoms with van der Waals surface area (Å²) in [6.45, 7) is 1.31. The molecule has 1 heterocycles. The largest absolute Gasteiger partial charge is 0.492 e. The number of rotatable bonds is 3. The summed E-state index contributed by atoms with van der Waals surface area (Å²) in [7, 11) is 0. The molecule has 2 rings (SSSR count). The van der Waals surface area contributed by atoms with Crippen LogP contribution in [0, 0.1) is 0 Å². The first kappa shape index (κ1) is 9.49. The number of benzene rings is 1. The van der Waals surface area contributed by atoms with Gasteiger partial charge in [-0.3, -0.25) is 0 Å². The van der Waals surface area contributed by atoms with Gasteiger partial charge < -0.3 is 15.2 Å². The number of ether oxygens (including phenoxy) is 1. The number of aliphatic hydroxyl groups is 1. The number of para-hydroxylation sites is 1. The Bertz CT molecular complexity index is 276. The van der Waals surface area contributed by atoms with Crippen LogP contribution in [0.2, 0.25) is 0 Å². The highest BCUT2D eigenvalue weighted by Crippen LogP contribution is 2.11. The van der Waals surface area contributed by atoms with E-state index in [0.717, 1.165) is 12.2 Å². The Labute approximate surface area is 83.7 Å². The van der Waals surface area contributed by atoms with Crippen LogP contribution in [0.5, 0.6) is 5.75 Å². The molecule has 2 N–H and O–H groups in total. The number of aliphatic hydroxyl groups excluding tert-OH is 1. The smallest absolute Gasteiger partial charge is 0.119 e. The quantitative estimate of drug-likeness (QED) is 0.745. The van der Waals surface area contributed by atoms with Gasteiger partial charge in [0, 0.05) is 12.6 Å². The molecule has 0 radical (unpaired) electrons. The van der Waals surface area contributed by atoms with Crippen LogP contribution in [-0.4, -0.2) is 30.4 Å². The van der Waals surface area contributed by atoms with E-state index in [1.54, 1.807) is 0 Å². The predicted octanol–water partition coefficient (Wildman–Crippen LogP) is 0.788. The number of β-amino-alcohol motifs (C(OH)–C–C–N with tert-alkyl or cyclic N) is 1. The van der Waals surface area contributed by atoms with Gasteiger partial charge in [0.2, 0.25) is 0 Å². The maximum atomic E-state index is 9.28. The highest BCUT2D eigenvalue weighted by Gasteiger charge is 2.22. The molecule has 0 bridgehead atoms. The molecule has 3 heteroatoms. The van der Waals surface area contributed by atoms with Gasteiger partial charge in [0.15, 0.2) is 0 Å². The van der Waals surface area contributed by atoms with E-state index in [0.29, 0.717) is 13.2 Å². The summed E-state index contributed by atoms with van der Waals surface area (Å²) in [6, 6.07) is 10.0. The van der Waals surface area contributed by atoms with Gasteiger partial charge in [0.1, 0.15) is 12.4 Å². The van der Waals surface area contributed by atoms with Crippen molar-refractivity contribution in [3.8, 4) is 5.75 Å². The summed E-state index contributed by atoms with van der Waals surface area (Å²) in [6.07, 6.45) is 0.576. The van der Waals surface area contributed by atoms with E-state index in [1.165, 1.54) is 0 Å². The lowest BCUT2D eigenvalue weighted by molar-refractivity contribution is 0.187. The third-order valence-electron chi connectivity index (χ3n) is 2.39. The summed E-state index contributed by atoms with van der Waals surface area (Å²) in [4.78, 5) is 0. The van der Waals surface area contributed by atoms with Gasteiger partial charge in [0.05, 0.1) is 6.10 Å². The second-order valence-corrected chi connectivity index (χ2v) is 3.62. The van der Waals surface area contributed by atoms with Crippen LogP contribution in [0.1, 0.15) is 6.42 Å². The van der Waals surface area contributed by atoms with E-state index in [1.807, 2.05) is 30.3 Å². The highest BCUT2D eigenvalue weighted by molar-refractivity contribution is 5.20. The molecule has 3 nitrogen and oxygen atoms in total. The molecule has 76 valence electrons. The van der Waals surface area contributed by atoms with Gasteiger partial charge in [0.25, 0.3) is 0 Å². The van der Waals surface area contributed by atoms with Crippen molar-refractivity contribution in [3.63, 3.8) is 0 Å². The van der Waals surface area contributed by atoms with Crippen molar-refractivity contribution in [2.75, 3.05) is 13.2 Å². The fourth-order valence-corrected chi connectivity index (χ4v) is 1.64. The van der Waals surface area contributed by atoms with Gasteiger partial charge >= 0.3 is 0 Å². The Morgan fingerprint density at radius 3 is 2.79 bits per heavy atom. The van der Waals surface area contributed by atoms with E-state index in [2.05, 4.69) is 5.32 Å². The van der Waals surface area contributed by atoms with Gasteiger partial charge in [-0.1, -0.05) is 18.2 Å². The standard InChI is InChI=1S/C11H15NO2/c13-10-6-9(12-7-10)8-14-11-4-2-1-3-5-11/h1-5,9-10,12-13H,6-8H2/t9-,10+/m0/s1. The zero-order chi connectivity index (χ0) is 9.80. The van der Waals surface area contributed by atoms with Crippen LogP contribution in [0.15, 0.2) is 30.3 Å². The molecule has 1 fully saturated rings. The molecule has 1 aliphatic rings. The Hall–Kier alpha value is -1.06. The van der Waals surface area contributed by atoms with Crippen molar-refractivity contribution >= 4 is 0 Å². The summed E-state index contributed by atoms with van der Waals surface area (Å²) in [5, 5.41) is 12.5. The Balaban J connectivity index is 1.78. The van der Waals surface area contributed by atoms with Crippen molar-refractivity contribution in [2.24, 2.45) is 0 Å². The van der Waals surface area contributed by atoms with E-state index in [-0.39, 0.29) is 12.1 Å². The van der Waals surface area contributed by atoms with Crippen LogP contribution in [-0.2, 0) is 0 Å².